The molecule has 140 valence electrons. The molecule has 1 N–H and O–H groups in total. The van der Waals surface area contributed by atoms with Crippen LogP contribution in [0.2, 0.25) is 5.02 Å². The Labute approximate surface area is 159 Å². The average Bonchev–Trinajstić information content (AvgIpc) is 2.66. The van der Waals surface area contributed by atoms with Crippen molar-refractivity contribution in [2.24, 2.45) is 0 Å². The van der Waals surface area contributed by atoms with Crippen LogP contribution in [0.5, 0.6) is 5.88 Å². The standard InChI is InChI=1S/C20H25ClFN3O/c1-14(15-6-9-23-20(12-15)26-2)24-16-7-10-25(11-8-16)13-17-18(21)4-3-5-19(17)22/h3-6,9,12,14,16,24H,7-8,10-11,13H2,1-2H3. The minimum atomic E-state index is -0.224. The van der Waals surface area contributed by atoms with Crippen LogP contribution < -0.4 is 10.1 Å². The van der Waals surface area contributed by atoms with Crippen LogP contribution in [0.1, 0.15) is 36.9 Å². The summed E-state index contributed by atoms with van der Waals surface area (Å²) in [6, 6.07) is 9.51. The Hall–Kier alpha value is -1.69. The number of nitrogens with zero attached hydrogens (tertiary/aromatic N) is 2. The lowest BCUT2D eigenvalue weighted by atomic mass is 10.0. The summed E-state index contributed by atoms with van der Waals surface area (Å²) < 4.78 is 19.2. The summed E-state index contributed by atoms with van der Waals surface area (Å²) >= 11 is 6.14. The zero-order valence-electron chi connectivity index (χ0n) is 15.2. The second-order valence-corrected chi connectivity index (χ2v) is 7.18. The molecule has 0 radical (unpaired) electrons. The summed E-state index contributed by atoms with van der Waals surface area (Å²) in [5.74, 6) is 0.408. The van der Waals surface area contributed by atoms with Gasteiger partial charge < -0.3 is 10.1 Å². The molecule has 0 spiro atoms. The molecule has 3 rings (SSSR count). The van der Waals surface area contributed by atoms with Gasteiger partial charge in [-0.25, -0.2) is 9.37 Å². The van der Waals surface area contributed by atoms with Gasteiger partial charge in [0.05, 0.1) is 7.11 Å². The summed E-state index contributed by atoms with van der Waals surface area (Å²) in [6.45, 7) is 4.57. The molecule has 1 aromatic heterocycles. The summed E-state index contributed by atoms with van der Waals surface area (Å²) in [5, 5.41) is 4.19. The highest BCUT2D eigenvalue weighted by Crippen LogP contribution is 2.24. The lowest BCUT2D eigenvalue weighted by Gasteiger charge is -2.34. The number of pyridine rings is 1. The van der Waals surface area contributed by atoms with Crippen molar-refractivity contribution in [2.75, 3.05) is 20.2 Å². The zero-order valence-corrected chi connectivity index (χ0v) is 16.0. The number of methoxy groups -OCH3 is 1. The van der Waals surface area contributed by atoms with Gasteiger partial charge in [0.2, 0.25) is 5.88 Å². The van der Waals surface area contributed by atoms with Crippen LogP contribution in [-0.2, 0) is 6.54 Å². The lowest BCUT2D eigenvalue weighted by Crippen LogP contribution is -2.43. The fourth-order valence-corrected chi connectivity index (χ4v) is 3.64. The van der Waals surface area contributed by atoms with Gasteiger partial charge in [0.1, 0.15) is 5.82 Å². The predicted octanol–water partition coefficient (Wildman–Crippen LogP) is 4.20. The van der Waals surface area contributed by atoms with Crippen LogP contribution >= 0.6 is 11.6 Å². The van der Waals surface area contributed by atoms with E-state index in [4.69, 9.17) is 16.3 Å². The van der Waals surface area contributed by atoms with Crippen LogP contribution in [0.4, 0.5) is 4.39 Å². The number of nitrogens with one attached hydrogen (secondary N) is 1. The largest absolute Gasteiger partial charge is 0.481 e. The lowest BCUT2D eigenvalue weighted by molar-refractivity contribution is 0.183. The first-order valence-electron chi connectivity index (χ1n) is 8.98. The Balaban J connectivity index is 1.52. The summed E-state index contributed by atoms with van der Waals surface area (Å²) in [6.07, 6.45) is 3.82. The highest BCUT2D eigenvalue weighted by molar-refractivity contribution is 6.31. The number of hydrogen-bond donors (Lipinski definition) is 1. The van der Waals surface area contributed by atoms with Gasteiger partial charge >= 0.3 is 0 Å². The van der Waals surface area contributed by atoms with E-state index in [1.807, 2.05) is 12.1 Å². The van der Waals surface area contributed by atoms with Crippen molar-refractivity contribution in [3.8, 4) is 5.88 Å². The molecule has 1 aliphatic rings. The molecule has 1 aliphatic heterocycles. The van der Waals surface area contributed by atoms with Gasteiger partial charge in [0.15, 0.2) is 0 Å². The van der Waals surface area contributed by atoms with Crippen molar-refractivity contribution in [2.45, 2.75) is 38.4 Å². The van der Waals surface area contributed by atoms with Gasteiger partial charge in [-0.3, -0.25) is 4.90 Å². The summed E-state index contributed by atoms with van der Waals surface area (Å²) in [4.78, 5) is 6.42. The molecule has 0 bridgehead atoms. The Morgan fingerprint density at radius 3 is 2.81 bits per heavy atom. The Morgan fingerprint density at radius 2 is 2.12 bits per heavy atom. The van der Waals surface area contributed by atoms with Gasteiger partial charge in [0.25, 0.3) is 0 Å². The fourth-order valence-electron chi connectivity index (χ4n) is 3.42. The molecule has 0 amide bonds. The third-order valence-corrected chi connectivity index (χ3v) is 5.34. The van der Waals surface area contributed by atoms with E-state index in [2.05, 4.69) is 22.1 Å². The number of halogens is 2. The molecular formula is C20H25ClFN3O. The number of benzene rings is 1. The molecule has 6 heteroatoms. The number of aromatic nitrogens is 1. The molecule has 1 atom stereocenters. The average molecular weight is 378 g/mol. The first-order chi connectivity index (χ1) is 12.6. The van der Waals surface area contributed by atoms with Crippen LogP contribution in [0.3, 0.4) is 0 Å². The van der Waals surface area contributed by atoms with Gasteiger partial charge in [-0.15, -0.1) is 0 Å². The van der Waals surface area contributed by atoms with Crippen LogP contribution in [0.15, 0.2) is 36.5 Å². The molecule has 2 heterocycles. The van der Waals surface area contributed by atoms with Crippen molar-refractivity contribution >= 4 is 11.6 Å². The maximum Gasteiger partial charge on any atom is 0.213 e. The minimum Gasteiger partial charge on any atom is -0.481 e. The molecule has 1 fully saturated rings. The smallest absolute Gasteiger partial charge is 0.213 e. The molecule has 1 unspecified atom stereocenters. The first-order valence-corrected chi connectivity index (χ1v) is 9.36. The summed E-state index contributed by atoms with van der Waals surface area (Å²) in [7, 11) is 1.63. The quantitative estimate of drug-likeness (QED) is 0.818. The topological polar surface area (TPSA) is 37.4 Å². The maximum absolute atomic E-state index is 14.0. The number of ether oxygens (including phenoxy) is 1. The molecule has 26 heavy (non-hydrogen) atoms. The Kier molecular flexibility index (Phi) is 6.46. The van der Waals surface area contributed by atoms with Crippen molar-refractivity contribution < 1.29 is 9.13 Å². The second-order valence-electron chi connectivity index (χ2n) is 6.77. The maximum atomic E-state index is 14.0. The number of hydrogen-bond acceptors (Lipinski definition) is 4. The van der Waals surface area contributed by atoms with Crippen molar-refractivity contribution in [1.29, 1.82) is 0 Å². The highest BCUT2D eigenvalue weighted by Gasteiger charge is 2.22. The van der Waals surface area contributed by atoms with E-state index >= 15 is 0 Å². The van der Waals surface area contributed by atoms with Gasteiger partial charge in [-0.1, -0.05) is 17.7 Å². The van der Waals surface area contributed by atoms with Crippen molar-refractivity contribution in [3.63, 3.8) is 0 Å². The SMILES string of the molecule is COc1cc(C(C)NC2CCN(Cc3c(F)cccc3Cl)CC2)ccn1. The zero-order chi connectivity index (χ0) is 18.5. The van der Waals surface area contributed by atoms with E-state index < -0.39 is 0 Å². The Morgan fingerprint density at radius 1 is 1.35 bits per heavy atom. The number of piperidine rings is 1. The third-order valence-electron chi connectivity index (χ3n) is 4.98. The van der Waals surface area contributed by atoms with E-state index in [1.54, 1.807) is 25.4 Å². The Bertz CT molecular complexity index is 714. The monoisotopic (exact) mass is 377 g/mol. The van der Waals surface area contributed by atoms with E-state index in [0.29, 0.717) is 29.1 Å². The van der Waals surface area contributed by atoms with Crippen molar-refractivity contribution in [1.82, 2.24) is 15.2 Å². The molecule has 2 aromatic rings. The molecular weight excluding hydrogens is 353 g/mol. The fraction of sp³-hybridized carbons (Fsp3) is 0.450. The van der Waals surface area contributed by atoms with Crippen molar-refractivity contribution in [3.05, 3.63) is 58.5 Å². The first kappa shape index (κ1) is 19.1. The highest BCUT2D eigenvalue weighted by atomic mass is 35.5. The second kappa shape index (κ2) is 8.80. The van der Waals surface area contributed by atoms with E-state index in [-0.39, 0.29) is 11.9 Å². The summed E-state index contributed by atoms with van der Waals surface area (Å²) in [5.41, 5.74) is 1.76. The molecule has 1 aromatic carbocycles. The predicted molar refractivity (Wildman–Crippen MR) is 102 cm³/mol. The molecule has 0 aliphatic carbocycles. The van der Waals surface area contributed by atoms with Gasteiger partial charge in [-0.2, -0.15) is 0 Å². The van der Waals surface area contributed by atoms with Gasteiger partial charge in [0, 0.05) is 41.5 Å². The van der Waals surface area contributed by atoms with E-state index in [1.165, 1.54) is 6.07 Å². The number of likely N-dealkylation sites (tertiary alicyclic amines) is 1. The number of rotatable bonds is 6. The third kappa shape index (κ3) is 4.72. The van der Waals surface area contributed by atoms with Gasteiger partial charge in [-0.05, 0) is 56.6 Å². The molecule has 1 saturated heterocycles. The van der Waals surface area contributed by atoms with E-state index in [0.717, 1.165) is 31.5 Å². The molecule has 0 saturated carbocycles. The normalized spacial score (nSPS) is 17.2. The minimum absolute atomic E-state index is 0.224. The van der Waals surface area contributed by atoms with Crippen LogP contribution in [-0.4, -0.2) is 36.1 Å². The van der Waals surface area contributed by atoms with Crippen LogP contribution in [0.25, 0.3) is 0 Å². The molecule has 4 nitrogen and oxygen atoms in total. The van der Waals surface area contributed by atoms with Crippen LogP contribution in [0, 0.1) is 5.82 Å². The van der Waals surface area contributed by atoms with E-state index in [9.17, 15) is 4.39 Å².